The van der Waals surface area contributed by atoms with Gasteiger partial charge in [-0.1, -0.05) is 27.5 Å². The molecule has 0 radical (unpaired) electrons. The predicted molar refractivity (Wildman–Crippen MR) is 101 cm³/mol. The molecule has 2 N–H and O–H groups in total. The fraction of sp³-hybridized carbons (Fsp3) is 0. The van der Waals surface area contributed by atoms with Crippen LogP contribution in [0.3, 0.4) is 0 Å². The fourth-order valence-electron chi connectivity index (χ4n) is 2.09. The molecule has 2 aromatic carbocycles. The van der Waals surface area contributed by atoms with Crippen LogP contribution >= 0.6 is 27.5 Å². The number of rotatable bonds is 4. The summed E-state index contributed by atoms with van der Waals surface area (Å²) < 4.78 is 0.951. The summed E-state index contributed by atoms with van der Waals surface area (Å²) in [6.45, 7) is 0. The Kier molecular flexibility index (Phi) is 5.13. The molecule has 0 spiro atoms. The zero-order chi connectivity index (χ0) is 16.9. The van der Waals surface area contributed by atoms with Crippen molar-refractivity contribution in [2.24, 2.45) is 0 Å². The Morgan fingerprint density at radius 2 is 1.62 bits per heavy atom. The predicted octanol–water partition coefficient (Wildman–Crippen LogP) is 5.49. The lowest BCUT2D eigenvalue weighted by Crippen LogP contribution is -2.14. The number of anilines is 3. The van der Waals surface area contributed by atoms with E-state index in [0.717, 1.165) is 10.2 Å². The van der Waals surface area contributed by atoms with Crippen molar-refractivity contribution >= 4 is 50.6 Å². The Morgan fingerprint density at radius 3 is 2.33 bits per heavy atom. The molecular weight excluding hydrogens is 390 g/mol. The molecule has 0 aliphatic heterocycles. The summed E-state index contributed by atoms with van der Waals surface area (Å²) in [7, 11) is 0. The van der Waals surface area contributed by atoms with Crippen LogP contribution in [-0.2, 0) is 0 Å². The van der Waals surface area contributed by atoms with Gasteiger partial charge in [-0.3, -0.25) is 4.79 Å². The summed E-state index contributed by atoms with van der Waals surface area (Å²) >= 11 is 9.26. The number of halogens is 2. The first-order valence-corrected chi connectivity index (χ1v) is 8.33. The second-order valence-electron chi connectivity index (χ2n) is 4.99. The molecule has 1 heterocycles. The zero-order valence-corrected chi connectivity index (χ0v) is 14.8. The summed E-state index contributed by atoms with van der Waals surface area (Å²) in [5.41, 5.74) is 1.97. The minimum Gasteiger partial charge on any atom is -0.340 e. The molecule has 24 heavy (non-hydrogen) atoms. The highest BCUT2D eigenvalue weighted by Gasteiger charge is 2.12. The van der Waals surface area contributed by atoms with Crippen LogP contribution in [0.15, 0.2) is 71.3 Å². The minimum atomic E-state index is -0.234. The standard InChI is InChI=1S/C18H13BrClN3O/c19-12-3-7-15(8-4-12)23-18(24)16-2-1-11-21-17(16)22-14-9-5-13(20)6-10-14/h1-11H,(H,21,22)(H,23,24). The molecule has 0 saturated carbocycles. The van der Waals surface area contributed by atoms with E-state index in [9.17, 15) is 4.79 Å². The van der Waals surface area contributed by atoms with E-state index >= 15 is 0 Å². The first-order valence-electron chi connectivity index (χ1n) is 7.16. The Bertz CT molecular complexity index is 851. The summed E-state index contributed by atoms with van der Waals surface area (Å²) in [6, 6.07) is 18.0. The summed E-state index contributed by atoms with van der Waals surface area (Å²) in [6.07, 6.45) is 1.63. The van der Waals surface area contributed by atoms with E-state index < -0.39 is 0 Å². The van der Waals surface area contributed by atoms with Crippen LogP contribution in [0.1, 0.15) is 10.4 Å². The fourth-order valence-corrected chi connectivity index (χ4v) is 2.48. The van der Waals surface area contributed by atoms with Gasteiger partial charge in [0.25, 0.3) is 5.91 Å². The molecular formula is C18H13BrClN3O. The molecule has 0 fully saturated rings. The van der Waals surface area contributed by atoms with Gasteiger partial charge in [0.05, 0.1) is 5.56 Å². The number of pyridine rings is 1. The molecule has 0 aliphatic rings. The SMILES string of the molecule is O=C(Nc1ccc(Br)cc1)c1cccnc1Nc1ccc(Cl)cc1. The number of nitrogens with zero attached hydrogens (tertiary/aromatic N) is 1. The lowest BCUT2D eigenvalue weighted by atomic mass is 10.2. The van der Waals surface area contributed by atoms with Crippen molar-refractivity contribution < 1.29 is 4.79 Å². The second-order valence-corrected chi connectivity index (χ2v) is 6.34. The number of aromatic nitrogens is 1. The van der Waals surface area contributed by atoms with E-state index in [-0.39, 0.29) is 5.91 Å². The van der Waals surface area contributed by atoms with Crippen LogP contribution in [0.5, 0.6) is 0 Å². The number of carbonyl (C=O) groups excluding carboxylic acids is 1. The van der Waals surface area contributed by atoms with E-state index in [4.69, 9.17) is 11.6 Å². The third-order valence-electron chi connectivity index (χ3n) is 3.26. The third-order valence-corrected chi connectivity index (χ3v) is 4.04. The molecule has 1 aromatic heterocycles. The highest BCUT2D eigenvalue weighted by molar-refractivity contribution is 9.10. The van der Waals surface area contributed by atoms with Gasteiger partial charge in [-0.25, -0.2) is 4.98 Å². The summed E-state index contributed by atoms with van der Waals surface area (Å²) in [4.78, 5) is 16.8. The van der Waals surface area contributed by atoms with E-state index in [1.54, 1.807) is 30.5 Å². The van der Waals surface area contributed by atoms with Gasteiger partial charge in [-0.2, -0.15) is 0 Å². The van der Waals surface area contributed by atoms with Crippen LogP contribution in [0, 0.1) is 0 Å². The lowest BCUT2D eigenvalue weighted by molar-refractivity contribution is 0.102. The van der Waals surface area contributed by atoms with E-state index in [0.29, 0.717) is 22.1 Å². The number of carbonyl (C=O) groups is 1. The van der Waals surface area contributed by atoms with E-state index in [1.807, 2.05) is 36.4 Å². The van der Waals surface area contributed by atoms with Gasteiger partial charge in [0, 0.05) is 27.1 Å². The van der Waals surface area contributed by atoms with Gasteiger partial charge in [-0.05, 0) is 60.7 Å². The van der Waals surface area contributed by atoms with Gasteiger partial charge < -0.3 is 10.6 Å². The van der Waals surface area contributed by atoms with Crippen molar-refractivity contribution in [1.82, 2.24) is 4.98 Å². The Balaban J connectivity index is 1.81. The van der Waals surface area contributed by atoms with Gasteiger partial charge >= 0.3 is 0 Å². The highest BCUT2D eigenvalue weighted by atomic mass is 79.9. The van der Waals surface area contributed by atoms with Gasteiger partial charge in [-0.15, -0.1) is 0 Å². The quantitative estimate of drug-likeness (QED) is 0.606. The largest absolute Gasteiger partial charge is 0.340 e. The Labute approximate surface area is 153 Å². The molecule has 6 heteroatoms. The molecule has 0 atom stereocenters. The van der Waals surface area contributed by atoms with Gasteiger partial charge in [0.15, 0.2) is 0 Å². The smallest absolute Gasteiger partial charge is 0.259 e. The van der Waals surface area contributed by atoms with Crippen molar-refractivity contribution in [3.63, 3.8) is 0 Å². The highest BCUT2D eigenvalue weighted by Crippen LogP contribution is 2.22. The topological polar surface area (TPSA) is 54.0 Å². The average Bonchev–Trinajstić information content (AvgIpc) is 2.59. The molecule has 3 rings (SSSR count). The first-order chi connectivity index (χ1) is 11.6. The molecule has 0 aliphatic carbocycles. The minimum absolute atomic E-state index is 0.234. The van der Waals surface area contributed by atoms with Crippen LogP contribution < -0.4 is 10.6 Å². The molecule has 4 nitrogen and oxygen atoms in total. The zero-order valence-electron chi connectivity index (χ0n) is 12.5. The molecule has 120 valence electrons. The number of hydrogen-bond donors (Lipinski definition) is 2. The average molecular weight is 403 g/mol. The third kappa shape index (κ3) is 4.13. The van der Waals surface area contributed by atoms with Gasteiger partial charge in [0.2, 0.25) is 0 Å². The van der Waals surface area contributed by atoms with Crippen molar-refractivity contribution in [3.05, 3.63) is 81.9 Å². The molecule has 0 bridgehead atoms. The first kappa shape index (κ1) is 16.5. The number of benzene rings is 2. The summed E-state index contributed by atoms with van der Waals surface area (Å²) in [5.74, 6) is 0.247. The molecule has 0 saturated heterocycles. The maximum atomic E-state index is 12.5. The van der Waals surface area contributed by atoms with E-state index in [2.05, 4.69) is 31.5 Å². The Morgan fingerprint density at radius 1 is 0.958 bits per heavy atom. The number of hydrogen-bond acceptors (Lipinski definition) is 3. The molecule has 3 aromatic rings. The van der Waals surface area contributed by atoms with Crippen LogP contribution in [0.4, 0.5) is 17.2 Å². The van der Waals surface area contributed by atoms with Crippen molar-refractivity contribution in [1.29, 1.82) is 0 Å². The summed E-state index contributed by atoms with van der Waals surface area (Å²) in [5, 5.41) is 6.65. The lowest BCUT2D eigenvalue weighted by Gasteiger charge is -2.11. The van der Waals surface area contributed by atoms with Gasteiger partial charge in [0.1, 0.15) is 5.82 Å². The van der Waals surface area contributed by atoms with Crippen molar-refractivity contribution in [2.45, 2.75) is 0 Å². The van der Waals surface area contributed by atoms with Crippen LogP contribution in [-0.4, -0.2) is 10.9 Å². The molecule has 1 amide bonds. The van der Waals surface area contributed by atoms with Crippen LogP contribution in [0.25, 0.3) is 0 Å². The Hall–Kier alpha value is -2.37. The normalized spacial score (nSPS) is 10.2. The maximum absolute atomic E-state index is 12.5. The van der Waals surface area contributed by atoms with Crippen LogP contribution in [0.2, 0.25) is 5.02 Å². The van der Waals surface area contributed by atoms with Crippen molar-refractivity contribution in [3.8, 4) is 0 Å². The molecule has 0 unspecified atom stereocenters. The monoisotopic (exact) mass is 401 g/mol. The van der Waals surface area contributed by atoms with E-state index in [1.165, 1.54) is 0 Å². The number of nitrogens with one attached hydrogen (secondary N) is 2. The van der Waals surface area contributed by atoms with Crippen molar-refractivity contribution in [2.75, 3.05) is 10.6 Å². The maximum Gasteiger partial charge on any atom is 0.259 e. The second kappa shape index (κ2) is 7.47. The number of amides is 1.